The monoisotopic (exact) mass is 444 g/mol. The number of rotatable bonds is 3. The lowest BCUT2D eigenvalue weighted by atomic mass is 9.92. The van der Waals surface area contributed by atoms with Gasteiger partial charge in [0.1, 0.15) is 11.1 Å². The minimum atomic E-state index is -1.35. The molecule has 1 saturated heterocycles. The Hall–Kier alpha value is -2.83. The number of nitrogens with one attached hydrogen (secondary N) is 1. The van der Waals surface area contributed by atoms with Crippen molar-refractivity contribution in [3.63, 3.8) is 0 Å². The van der Waals surface area contributed by atoms with Crippen LogP contribution in [0.25, 0.3) is 11.0 Å². The SMILES string of the molecule is Cc1ccc2c(CN3C(=O)N[C@](C)(c4ccc(Cl)cc4Cl)C3=O)cc(=O)oc2c1C. The van der Waals surface area contributed by atoms with Crippen LogP contribution in [0.3, 0.4) is 0 Å². The first kappa shape index (κ1) is 20.4. The first-order valence-electron chi connectivity index (χ1n) is 9.24. The van der Waals surface area contributed by atoms with E-state index in [4.69, 9.17) is 27.6 Å². The van der Waals surface area contributed by atoms with Gasteiger partial charge in [0.25, 0.3) is 5.91 Å². The normalized spacial score (nSPS) is 18.9. The fraction of sp³-hybridized carbons (Fsp3) is 0.227. The second-order valence-corrected chi connectivity index (χ2v) is 8.39. The highest BCUT2D eigenvalue weighted by atomic mass is 35.5. The van der Waals surface area contributed by atoms with Gasteiger partial charge in [-0.2, -0.15) is 0 Å². The summed E-state index contributed by atoms with van der Waals surface area (Å²) in [7, 11) is 0. The minimum Gasteiger partial charge on any atom is -0.422 e. The Labute approximate surface area is 182 Å². The second kappa shape index (κ2) is 7.15. The number of carbonyl (C=O) groups excluding carboxylic acids is 2. The maximum atomic E-state index is 13.3. The zero-order chi connectivity index (χ0) is 21.8. The standard InChI is InChI=1S/C22H18Cl2N2O4/c1-11-4-6-15-13(8-18(27)30-19(15)12(11)2)10-26-20(28)22(3,25-21(26)29)16-7-5-14(23)9-17(16)24/h4-9H,10H2,1-3H3,(H,25,29)/t22-/m1/s1. The van der Waals surface area contributed by atoms with E-state index in [-0.39, 0.29) is 11.6 Å². The highest BCUT2D eigenvalue weighted by Gasteiger charge is 2.50. The van der Waals surface area contributed by atoms with Crippen LogP contribution in [0.15, 0.2) is 45.6 Å². The van der Waals surface area contributed by atoms with Crippen LogP contribution in [0.1, 0.15) is 29.2 Å². The average molecular weight is 445 g/mol. The summed E-state index contributed by atoms with van der Waals surface area (Å²) in [5.74, 6) is -0.470. The van der Waals surface area contributed by atoms with Crippen LogP contribution >= 0.6 is 23.2 Å². The molecule has 0 radical (unpaired) electrons. The van der Waals surface area contributed by atoms with Crippen LogP contribution in [-0.2, 0) is 16.9 Å². The zero-order valence-electron chi connectivity index (χ0n) is 16.5. The number of imide groups is 1. The van der Waals surface area contributed by atoms with E-state index in [1.54, 1.807) is 19.1 Å². The van der Waals surface area contributed by atoms with Crippen molar-refractivity contribution in [2.75, 3.05) is 0 Å². The van der Waals surface area contributed by atoms with E-state index in [9.17, 15) is 14.4 Å². The van der Waals surface area contributed by atoms with E-state index in [2.05, 4.69) is 5.32 Å². The largest absolute Gasteiger partial charge is 0.422 e. The molecule has 2 heterocycles. The van der Waals surface area contributed by atoms with Crippen LogP contribution < -0.4 is 10.9 Å². The summed E-state index contributed by atoms with van der Waals surface area (Å²) in [4.78, 5) is 39.2. The van der Waals surface area contributed by atoms with E-state index >= 15 is 0 Å². The molecule has 154 valence electrons. The first-order chi connectivity index (χ1) is 14.1. The molecule has 3 amide bonds. The molecule has 1 aliphatic rings. The zero-order valence-corrected chi connectivity index (χ0v) is 18.0. The lowest BCUT2D eigenvalue weighted by Gasteiger charge is -2.23. The fourth-order valence-electron chi connectivity index (χ4n) is 3.74. The maximum absolute atomic E-state index is 13.3. The van der Waals surface area contributed by atoms with Gasteiger partial charge in [0, 0.05) is 27.1 Å². The molecule has 0 aliphatic carbocycles. The Kier molecular flexibility index (Phi) is 4.87. The Balaban J connectivity index is 1.76. The van der Waals surface area contributed by atoms with Gasteiger partial charge in [0.2, 0.25) is 0 Å². The highest BCUT2D eigenvalue weighted by molar-refractivity contribution is 6.35. The number of fused-ring (bicyclic) bond motifs is 1. The predicted molar refractivity (Wildman–Crippen MR) is 115 cm³/mol. The van der Waals surface area contributed by atoms with Crippen LogP contribution in [0.5, 0.6) is 0 Å². The van der Waals surface area contributed by atoms with Crippen molar-refractivity contribution in [1.29, 1.82) is 0 Å². The smallest absolute Gasteiger partial charge is 0.336 e. The summed E-state index contributed by atoms with van der Waals surface area (Å²) in [6, 6.07) is 9.21. The Morgan fingerprint density at radius 1 is 1.07 bits per heavy atom. The van der Waals surface area contributed by atoms with Crippen molar-refractivity contribution in [3.05, 3.63) is 79.1 Å². The molecule has 4 rings (SSSR count). The molecule has 6 nitrogen and oxygen atoms in total. The molecular weight excluding hydrogens is 427 g/mol. The molecule has 0 unspecified atom stereocenters. The van der Waals surface area contributed by atoms with Gasteiger partial charge in [0.05, 0.1) is 6.54 Å². The third-order valence-corrected chi connectivity index (χ3v) is 6.14. The molecule has 30 heavy (non-hydrogen) atoms. The number of benzene rings is 2. The molecule has 8 heteroatoms. The summed E-state index contributed by atoms with van der Waals surface area (Å²) < 4.78 is 5.38. The lowest BCUT2D eigenvalue weighted by Crippen LogP contribution is -2.41. The van der Waals surface area contributed by atoms with Gasteiger partial charge in [-0.1, -0.05) is 41.4 Å². The van der Waals surface area contributed by atoms with Gasteiger partial charge in [-0.05, 0) is 49.6 Å². The first-order valence-corrected chi connectivity index (χ1v) is 10.00. The molecule has 1 atom stereocenters. The molecule has 0 saturated carbocycles. The van der Waals surface area contributed by atoms with E-state index < -0.39 is 23.1 Å². The van der Waals surface area contributed by atoms with Gasteiger partial charge in [-0.25, -0.2) is 9.59 Å². The molecular formula is C22H18Cl2N2O4. The van der Waals surface area contributed by atoms with E-state index in [0.717, 1.165) is 16.0 Å². The maximum Gasteiger partial charge on any atom is 0.336 e. The van der Waals surface area contributed by atoms with E-state index in [1.807, 2.05) is 26.0 Å². The molecule has 1 aromatic heterocycles. The van der Waals surface area contributed by atoms with Crippen molar-refractivity contribution >= 4 is 46.1 Å². The Bertz CT molecular complexity index is 1280. The van der Waals surface area contributed by atoms with E-state index in [0.29, 0.717) is 27.1 Å². The molecule has 1 fully saturated rings. The number of halogens is 2. The van der Waals surface area contributed by atoms with Crippen molar-refractivity contribution in [3.8, 4) is 0 Å². The Morgan fingerprint density at radius 2 is 1.80 bits per heavy atom. The van der Waals surface area contributed by atoms with Crippen LogP contribution in [-0.4, -0.2) is 16.8 Å². The summed E-state index contributed by atoms with van der Waals surface area (Å²) in [6.45, 7) is 5.29. The summed E-state index contributed by atoms with van der Waals surface area (Å²) in [5.41, 5.74) is 1.34. The van der Waals surface area contributed by atoms with E-state index in [1.165, 1.54) is 12.1 Å². The molecule has 1 aliphatic heterocycles. The van der Waals surface area contributed by atoms with Gasteiger partial charge in [0.15, 0.2) is 0 Å². The molecule has 0 bridgehead atoms. The fourth-order valence-corrected chi connectivity index (χ4v) is 4.34. The highest BCUT2D eigenvalue weighted by Crippen LogP contribution is 2.36. The predicted octanol–water partition coefficient (Wildman–Crippen LogP) is 4.68. The summed E-state index contributed by atoms with van der Waals surface area (Å²) >= 11 is 12.2. The minimum absolute atomic E-state index is 0.0733. The molecule has 1 N–H and O–H groups in total. The number of hydrogen-bond acceptors (Lipinski definition) is 4. The van der Waals surface area contributed by atoms with Crippen LogP contribution in [0.4, 0.5) is 4.79 Å². The van der Waals surface area contributed by atoms with Crippen molar-refractivity contribution in [2.24, 2.45) is 0 Å². The Morgan fingerprint density at radius 3 is 2.50 bits per heavy atom. The molecule has 2 aromatic carbocycles. The number of urea groups is 1. The van der Waals surface area contributed by atoms with Crippen molar-refractivity contribution in [2.45, 2.75) is 32.9 Å². The average Bonchev–Trinajstić information content (AvgIpc) is 2.88. The van der Waals surface area contributed by atoms with Gasteiger partial charge < -0.3 is 9.73 Å². The quantitative estimate of drug-likeness (QED) is 0.469. The number of hydrogen-bond donors (Lipinski definition) is 1. The number of carbonyl (C=O) groups is 2. The van der Waals surface area contributed by atoms with Gasteiger partial charge >= 0.3 is 11.7 Å². The molecule has 3 aromatic rings. The number of amides is 3. The summed E-state index contributed by atoms with van der Waals surface area (Å²) in [5, 5.41) is 4.10. The van der Waals surface area contributed by atoms with Crippen molar-refractivity contribution < 1.29 is 14.0 Å². The van der Waals surface area contributed by atoms with Crippen LogP contribution in [0.2, 0.25) is 10.0 Å². The lowest BCUT2D eigenvalue weighted by molar-refractivity contribution is -0.131. The van der Waals surface area contributed by atoms with Crippen molar-refractivity contribution in [1.82, 2.24) is 10.2 Å². The third-order valence-electron chi connectivity index (χ3n) is 5.59. The molecule has 0 spiro atoms. The van der Waals surface area contributed by atoms with Gasteiger partial charge in [-0.15, -0.1) is 0 Å². The van der Waals surface area contributed by atoms with Gasteiger partial charge in [-0.3, -0.25) is 9.69 Å². The summed E-state index contributed by atoms with van der Waals surface area (Å²) in [6.07, 6.45) is 0. The topological polar surface area (TPSA) is 79.6 Å². The second-order valence-electron chi connectivity index (χ2n) is 7.55. The third kappa shape index (κ3) is 3.16. The van der Waals surface area contributed by atoms with Crippen LogP contribution in [0, 0.1) is 13.8 Å². The number of aryl methyl sites for hydroxylation is 2. The number of nitrogens with zero attached hydrogens (tertiary/aromatic N) is 1.